The Hall–Kier alpha value is -5.46. The minimum Gasteiger partial charge on any atom is -0.505 e. The van der Waals surface area contributed by atoms with Gasteiger partial charge in [-0.25, -0.2) is 13.6 Å². The first kappa shape index (κ1) is 29.0. The Kier molecular flexibility index (Phi) is 7.26. The number of hydrazone groups is 1. The number of alkyl halides is 3. The van der Waals surface area contributed by atoms with Crippen LogP contribution < -0.4 is 15.1 Å². The number of nitrogens with zero attached hydrogens (tertiary/aromatic N) is 2. The molecule has 1 aliphatic heterocycles. The highest BCUT2D eigenvalue weighted by Crippen LogP contribution is 2.42. The number of phenolic OH excluding ortho intramolecular Hbond substituents is 1. The SMILES string of the molecule is Cc1cc(N2C(=O)C(=NNc3cc(F)cc(-c4cccc(OC(=O)O)c4)c3O)c3ccc(C(F)(F)F)cc32)cc(C)c1F. The van der Waals surface area contributed by atoms with E-state index in [1.54, 1.807) is 0 Å². The van der Waals surface area contributed by atoms with Gasteiger partial charge in [-0.1, -0.05) is 12.1 Å². The first-order chi connectivity index (χ1) is 20.2. The van der Waals surface area contributed by atoms with Crippen molar-refractivity contribution in [1.82, 2.24) is 0 Å². The van der Waals surface area contributed by atoms with Gasteiger partial charge in [0.15, 0.2) is 5.71 Å². The van der Waals surface area contributed by atoms with Gasteiger partial charge in [0.2, 0.25) is 0 Å². The first-order valence-corrected chi connectivity index (χ1v) is 12.4. The Bertz CT molecular complexity index is 1810. The van der Waals surface area contributed by atoms with E-state index in [4.69, 9.17) is 5.11 Å². The molecule has 0 unspecified atom stereocenters. The number of amides is 1. The maximum absolute atomic E-state index is 14.6. The summed E-state index contributed by atoms with van der Waals surface area (Å²) in [7, 11) is 0. The molecule has 0 radical (unpaired) electrons. The van der Waals surface area contributed by atoms with Crippen LogP contribution in [-0.4, -0.2) is 28.0 Å². The monoisotopic (exact) mass is 597 g/mol. The van der Waals surface area contributed by atoms with E-state index in [0.717, 1.165) is 35.2 Å². The number of fused-ring (bicyclic) bond motifs is 1. The van der Waals surface area contributed by atoms with E-state index in [2.05, 4.69) is 15.3 Å². The van der Waals surface area contributed by atoms with E-state index in [-0.39, 0.29) is 56.3 Å². The summed E-state index contributed by atoms with van der Waals surface area (Å²) in [4.78, 5) is 25.5. The summed E-state index contributed by atoms with van der Waals surface area (Å²) >= 11 is 0. The molecule has 13 heteroatoms. The second-order valence-electron chi connectivity index (χ2n) is 9.58. The lowest BCUT2D eigenvalue weighted by Gasteiger charge is -2.20. The van der Waals surface area contributed by atoms with Gasteiger partial charge in [0.1, 0.15) is 28.8 Å². The third-order valence-electron chi connectivity index (χ3n) is 6.62. The lowest BCUT2D eigenvalue weighted by molar-refractivity contribution is -0.137. The molecule has 0 fully saturated rings. The van der Waals surface area contributed by atoms with E-state index in [9.17, 15) is 36.6 Å². The molecule has 4 aromatic carbocycles. The largest absolute Gasteiger partial charge is 0.511 e. The smallest absolute Gasteiger partial charge is 0.505 e. The molecule has 0 spiro atoms. The number of ether oxygens (including phenoxy) is 1. The van der Waals surface area contributed by atoms with Gasteiger partial charge in [0.25, 0.3) is 5.91 Å². The number of aryl methyl sites for hydroxylation is 2. The van der Waals surface area contributed by atoms with Crippen LogP contribution in [0.4, 0.5) is 43.8 Å². The van der Waals surface area contributed by atoms with Crippen LogP contribution >= 0.6 is 0 Å². The summed E-state index contributed by atoms with van der Waals surface area (Å²) in [5.41, 5.74) is 1.09. The number of aromatic hydroxyl groups is 1. The molecule has 1 amide bonds. The van der Waals surface area contributed by atoms with Gasteiger partial charge in [-0.15, -0.1) is 0 Å². The van der Waals surface area contributed by atoms with E-state index < -0.39 is 41.2 Å². The zero-order valence-electron chi connectivity index (χ0n) is 22.3. The molecule has 0 saturated heterocycles. The average molecular weight is 597 g/mol. The van der Waals surface area contributed by atoms with E-state index in [1.165, 1.54) is 50.2 Å². The molecule has 4 aromatic rings. The second kappa shape index (κ2) is 10.7. The van der Waals surface area contributed by atoms with Crippen molar-refractivity contribution in [2.24, 2.45) is 5.10 Å². The fourth-order valence-electron chi connectivity index (χ4n) is 4.69. The molecule has 0 bridgehead atoms. The summed E-state index contributed by atoms with van der Waals surface area (Å²) < 4.78 is 74.3. The zero-order chi connectivity index (χ0) is 31.2. The molecule has 43 heavy (non-hydrogen) atoms. The molecule has 3 N–H and O–H groups in total. The van der Waals surface area contributed by atoms with Crippen molar-refractivity contribution < 1.29 is 46.5 Å². The Balaban J connectivity index is 1.58. The number of carboxylic acid groups (broad SMARTS) is 1. The molecular formula is C30H20F5N3O5. The minimum atomic E-state index is -4.73. The van der Waals surface area contributed by atoms with Gasteiger partial charge in [0, 0.05) is 17.2 Å². The number of benzene rings is 4. The van der Waals surface area contributed by atoms with Crippen LogP contribution in [0.3, 0.4) is 0 Å². The molecule has 220 valence electrons. The van der Waals surface area contributed by atoms with Crippen LogP contribution in [0, 0.1) is 25.5 Å². The van der Waals surface area contributed by atoms with Crippen molar-refractivity contribution in [3.8, 4) is 22.6 Å². The van der Waals surface area contributed by atoms with E-state index in [1.807, 2.05) is 0 Å². The number of rotatable bonds is 5. The third-order valence-corrected chi connectivity index (χ3v) is 6.62. The Labute approximate surface area is 240 Å². The number of hydrogen-bond acceptors (Lipinski definition) is 6. The summed E-state index contributed by atoms with van der Waals surface area (Å²) in [6.45, 7) is 2.90. The summed E-state index contributed by atoms with van der Waals surface area (Å²) in [5, 5.41) is 23.8. The number of carbonyl (C=O) groups is 2. The number of anilines is 3. The van der Waals surface area contributed by atoms with Crippen LogP contribution in [0.2, 0.25) is 0 Å². The first-order valence-electron chi connectivity index (χ1n) is 12.4. The zero-order valence-corrected chi connectivity index (χ0v) is 22.3. The molecule has 0 aromatic heterocycles. The van der Waals surface area contributed by atoms with Gasteiger partial charge in [-0.3, -0.25) is 15.1 Å². The quantitative estimate of drug-likeness (QED) is 0.0722. The highest BCUT2D eigenvalue weighted by molar-refractivity contribution is 6.55. The van der Waals surface area contributed by atoms with Gasteiger partial charge in [-0.05, 0) is 79.1 Å². The highest BCUT2D eigenvalue weighted by atomic mass is 19.4. The third kappa shape index (κ3) is 5.56. The van der Waals surface area contributed by atoms with Gasteiger partial charge < -0.3 is 14.9 Å². The fourth-order valence-corrected chi connectivity index (χ4v) is 4.69. The van der Waals surface area contributed by atoms with Crippen molar-refractivity contribution in [2.75, 3.05) is 10.3 Å². The standard InChI is InChI=1S/C30H20F5N3O5/c1-14-8-19(9-15(2)25(14)32)38-24-11-17(30(33,34)35)6-7-21(24)26(28(38)40)37-36-23-13-18(31)12-22(27(23)39)16-4-3-5-20(10-16)43-29(41)42/h3-13,36,39H,1-2H3,(H,41,42). The van der Waals surface area contributed by atoms with Crippen molar-refractivity contribution in [1.29, 1.82) is 0 Å². The van der Waals surface area contributed by atoms with Crippen LogP contribution in [-0.2, 0) is 11.0 Å². The van der Waals surface area contributed by atoms with Crippen LogP contribution in [0.5, 0.6) is 11.5 Å². The average Bonchev–Trinajstić information content (AvgIpc) is 3.21. The molecule has 0 atom stereocenters. The molecule has 8 nitrogen and oxygen atoms in total. The van der Waals surface area contributed by atoms with Gasteiger partial charge >= 0.3 is 12.3 Å². The maximum atomic E-state index is 14.6. The minimum absolute atomic E-state index is 0.000215. The van der Waals surface area contributed by atoms with Crippen molar-refractivity contribution in [2.45, 2.75) is 20.0 Å². The fraction of sp³-hybridized carbons (Fsp3) is 0.100. The van der Waals surface area contributed by atoms with Gasteiger partial charge in [0.05, 0.1) is 16.9 Å². The van der Waals surface area contributed by atoms with Crippen LogP contribution in [0.25, 0.3) is 11.1 Å². The van der Waals surface area contributed by atoms with Crippen molar-refractivity contribution >= 4 is 34.8 Å². The summed E-state index contributed by atoms with van der Waals surface area (Å²) in [6, 6.07) is 12.5. The lowest BCUT2D eigenvalue weighted by atomic mass is 10.0. The molecule has 1 aliphatic rings. The van der Waals surface area contributed by atoms with Crippen LogP contribution in [0.15, 0.2) is 71.8 Å². The van der Waals surface area contributed by atoms with Crippen LogP contribution in [0.1, 0.15) is 22.3 Å². The second-order valence-corrected chi connectivity index (χ2v) is 9.58. The Morgan fingerprint density at radius 1 is 0.953 bits per heavy atom. The summed E-state index contributed by atoms with van der Waals surface area (Å²) in [5.74, 6) is -2.86. The normalized spacial score (nSPS) is 13.8. The van der Waals surface area contributed by atoms with E-state index >= 15 is 0 Å². The molecule has 1 heterocycles. The lowest BCUT2D eigenvalue weighted by Crippen LogP contribution is -2.26. The Morgan fingerprint density at radius 3 is 2.30 bits per heavy atom. The number of carbonyl (C=O) groups excluding carboxylic acids is 1. The molecule has 0 aliphatic carbocycles. The van der Waals surface area contributed by atoms with E-state index in [0.29, 0.717) is 0 Å². The van der Waals surface area contributed by atoms with Crippen molar-refractivity contribution in [3.63, 3.8) is 0 Å². The predicted molar refractivity (Wildman–Crippen MR) is 147 cm³/mol. The molecular weight excluding hydrogens is 577 g/mol. The van der Waals surface area contributed by atoms with Crippen molar-refractivity contribution in [3.05, 3.63) is 101 Å². The topological polar surface area (TPSA) is 111 Å². The summed E-state index contributed by atoms with van der Waals surface area (Å²) in [6.07, 6.45) is -6.31. The number of nitrogens with one attached hydrogen (secondary N) is 1. The number of hydrogen-bond donors (Lipinski definition) is 3. The highest BCUT2D eigenvalue weighted by Gasteiger charge is 2.39. The molecule has 5 rings (SSSR count). The predicted octanol–water partition coefficient (Wildman–Crippen LogP) is 7.52. The number of halogens is 5. The molecule has 0 saturated carbocycles. The maximum Gasteiger partial charge on any atom is 0.511 e. The Morgan fingerprint density at radius 2 is 1.65 bits per heavy atom. The number of phenols is 1. The van der Waals surface area contributed by atoms with Gasteiger partial charge in [-0.2, -0.15) is 18.3 Å².